The summed E-state index contributed by atoms with van der Waals surface area (Å²) in [4.78, 5) is 23.8. The summed E-state index contributed by atoms with van der Waals surface area (Å²) in [6.07, 6.45) is 1.12. The summed E-state index contributed by atoms with van der Waals surface area (Å²) in [6, 6.07) is 0. The van der Waals surface area contributed by atoms with Gasteiger partial charge in [0.1, 0.15) is 0 Å². The number of thiazole rings is 1. The number of nitrogens with zero attached hydrogens (tertiary/aromatic N) is 2. The predicted molar refractivity (Wildman–Crippen MR) is 40.1 cm³/mol. The standard InChI is InChI=1S/C5H4N2O4S/c1-11-4(8)3-2-6-5(12-3)7(9)10/h2H,1H3. The summed E-state index contributed by atoms with van der Waals surface area (Å²) in [5.41, 5.74) is 0. The Balaban J connectivity index is 2.91. The van der Waals surface area contributed by atoms with Gasteiger partial charge in [0, 0.05) is 0 Å². The second kappa shape index (κ2) is 3.26. The summed E-state index contributed by atoms with van der Waals surface area (Å²) in [6.45, 7) is 0. The normalized spacial score (nSPS) is 9.42. The van der Waals surface area contributed by atoms with Crippen molar-refractivity contribution < 1.29 is 14.5 Å². The van der Waals surface area contributed by atoms with Gasteiger partial charge in [-0.1, -0.05) is 0 Å². The van der Waals surface area contributed by atoms with Gasteiger partial charge >= 0.3 is 11.1 Å². The molecule has 0 bridgehead atoms. The lowest BCUT2D eigenvalue weighted by molar-refractivity contribution is -0.384. The molecule has 1 aromatic rings. The minimum atomic E-state index is -0.656. The van der Waals surface area contributed by atoms with Crippen LogP contribution < -0.4 is 0 Å². The molecule has 64 valence electrons. The maximum absolute atomic E-state index is 10.8. The molecule has 0 spiro atoms. The number of hydrogen-bond acceptors (Lipinski definition) is 6. The number of methoxy groups -OCH3 is 1. The van der Waals surface area contributed by atoms with E-state index in [9.17, 15) is 14.9 Å². The fourth-order valence-electron chi connectivity index (χ4n) is 0.544. The van der Waals surface area contributed by atoms with Crippen molar-refractivity contribution in [1.82, 2.24) is 4.98 Å². The molecule has 0 fully saturated rings. The average molecular weight is 188 g/mol. The van der Waals surface area contributed by atoms with E-state index in [2.05, 4.69) is 9.72 Å². The van der Waals surface area contributed by atoms with E-state index in [0.717, 1.165) is 6.20 Å². The van der Waals surface area contributed by atoms with Crippen LogP contribution in [0.1, 0.15) is 9.67 Å². The average Bonchev–Trinajstić information content (AvgIpc) is 2.51. The highest BCUT2D eigenvalue weighted by atomic mass is 32.1. The maximum Gasteiger partial charge on any atom is 0.424 e. The molecular weight excluding hydrogens is 184 g/mol. The zero-order valence-electron chi connectivity index (χ0n) is 6.01. The number of esters is 1. The van der Waals surface area contributed by atoms with E-state index in [-0.39, 0.29) is 10.0 Å². The highest BCUT2D eigenvalue weighted by molar-refractivity contribution is 7.16. The van der Waals surface area contributed by atoms with E-state index >= 15 is 0 Å². The van der Waals surface area contributed by atoms with Crippen LogP contribution in [0.25, 0.3) is 0 Å². The zero-order valence-corrected chi connectivity index (χ0v) is 6.83. The third kappa shape index (κ3) is 1.56. The van der Waals surface area contributed by atoms with Crippen LogP contribution in [-0.4, -0.2) is 23.0 Å². The van der Waals surface area contributed by atoms with Crippen LogP contribution in [0.4, 0.5) is 5.13 Å². The van der Waals surface area contributed by atoms with Gasteiger partial charge in [-0.3, -0.25) is 0 Å². The second-order valence-electron chi connectivity index (χ2n) is 1.76. The Labute approximate surface area is 70.9 Å². The smallest absolute Gasteiger partial charge is 0.424 e. The molecule has 6 nitrogen and oxygen atoms in total. The van der Waals surface area contributed by atoms with Crippen LogP contribution in [0.5, 0.6) is 0 Å². The molecule has 1 heterocycles. The molecule has 0 aliphatic heterocycles. The van der Waals surface area contributed by atoms with Crippen LogP contribution in [0.2, 0.25) is 0 Å². The molecule has 0 radical (unpaired) electrons. The van der Waals surface area contributed by atoms with E-state index in [0.29, 0.717) is 11.3 Å². The van der Waals surface area contributed by atoms with Crippen LogP contribution in [-0.2, 0) is 4.74 Å². The molecule has 0 N–H and O–H groups in total. The third-order valence-corrected chi connectivity index (χ3v) is 1.97. The number of carbonyl (C=O) groups excluding carboxylic acids is 1. The largest absolute Gasteiger partial charge is 0.465 e. The number of nitro groups is 1. The minimum Gasteiger partial charge on any atom is -0.465 e. The Morgan fingerprint density at radius 1 is 1.83 bits per heavy atom. The summed E-state index contributed by atoms with van der Waals surface area (Å²) in [7, 11) is 1.20. The van der Waals surface area contributed by atoms with E-state index in [4.69, 9.17) is 0 Å². The van der Waals surface area contributed by atoms with Gasteiger partial charge < -0.3 is 14.9 Å². The quantitative estimate of drug-likeness (QED) is 0.390. The Morgan fingerprint density at radius 2 is 2.50 bits per heavy atom. The fourth-order valence-corrected chi connectivity index (χ4v) is 1.19. The summed E-state index contributed by atoms with van der Waals surface area (Å²) in [5.74, 6) is -0.611. The van der Waals surface area contributed by atoms with Gasteiger partial charge in [0.25, 0.3) is 0 Å². The van der Waals surface area contributed by atoms with Crippen LogP contribution in [0.15, 0.2) is 6.20 Å². The molecule has 0 amide bonds. The van der Waals surface area contributed by atoms with Gasteiger partial charge in [-0.25, -0.2) is 4.79 Å². The summed E-state index contributed by atoms with van der Waals surface area (Å²) < 4.78 is 4.34. The Bertz CT molecular complexity index is 321. The fraction of sp³-hybridized carbons (Fsp3) is 0.200. The van der Waals surface area contributed by atoms with E-state index in [1.807, 2.05) is 0 Å². The molecule has 0 saturated carbocycles. The predicted octanol–water partition coefficient (Wildman–Crippen LogP) is 0.838. The highest BCUT2D eigenvalue weighted by Crippen LogP contribution is 2.20. The van der Waals surface area contributed by atoms with E-state index in [1.54, 1.807) is 0 Å². The van der Waals surface area contributed by atoms with Crippen LogP contribution in [0.3, 0.4) is 0 Å². The van der Waals surface area contributed by atoms with Gasteiger partial charge in [0.15, 0.2) is 11.1 Å². The SMILES string of the molecule is COC(=O)c1cnc([N+](=O)[O-])s1. The van der Waals surface area contributed by atoms with Gasteiger partial charge in [0.05, 0.1) is 7.11 Å². The zero-order chi connectivity index (χ0) is 9.14. The lowest BCUT2D eigenvalue weighted by Gasteiger charge is -1.88. The number of hydrogen-bond donors (Lipinski definition) is 0. The molecule has 0 aromatic carbocycles. The minimum absolute atomic E-state index is 0.129. The first-order valence-electron chi connectivity index (χ1n) is 2.83. The molecule has 0 atom stereocenters. The van der Waals surface area contributed by atoms with Crippen molar-refractivity contribution in [3.8, 4) is 0 Å². The first-order valence-corrected chi connectivity index (χ1v) is 3.65. The van der Waals surface area contributed by atoms with Gasteiger partial charge in [-0.05, 0) is 21.2 Å². The van der Waals surface area contributed by atoms with E-state index < -0.39 is 10.9 Å². The first-order chi connectivity index (χ1) is 5.65. The molecule has 7 heteroatoms. The molecule has 0 aliphatic rings. The van der Waals surface area contributed by atoms with Crippen molar-refractivity contribution in [2.24, 2.45) is 0 Å². The maximum atomic E-state index is 10.8. The Kier molecular flexibility index (Phi) is 2.34. The van der Waals surface area contributed by atoms with Crippen molar-refractivity contribution in [3.05, 3.63) is 21.2 Å². The van der Waals surface area contributed by atoms with Gasteiger partial charge in [-0.15, -0.1) is 0 Å². The number of ether oxygens (including phenoxy) is 1. The summed E-state index contributed by atoms with van der Waals surface area (Å²) >= 11 is 0.689. The number of rotatable bonds is 2. The highest BCUT2D eigenvalue weighted by Gasteiger charge is 2.18. The van der Waals surface area contributed by atoms with Crippen molar-refractivity contribution in [2.75, 3.05) is 7.11 Å². The van der Waals surface area contributed by atoms with Crippen molar-refractivity contribution in [1.29, 1.82) is 0 Å². The Hall–Kier alpha value is -1.50. The monoisotopic (exact) mass is 188 g/mol. The third-order valence-electron chi connectivity index (χ3n) is 1.04. The summed E-state index contributed by atoms with van der Waals surface area (Å²) in [5, 5.41) is 9.82. The van der Waals surface area contributed by atoms with Gasteiger partial charge in [-0.2, -0.15) is 0 Å². The van der Waals surface area contributed by atoms with Gasteiger partial charge in [0.2, 0.25) is 0 Å². The molecule has 1 rings (SSSR count). The number of carbonyl (C=O) groups is 1. The lowest BCUT2D eigenvalue weighted by atomic mass is 10.6. The van der Waals surface area contributed by atoms with Crippen molar-refractivity contribution >= 4 is 22.4 Å². The number of aromatic nitrogens is 1. The van der Waals surface area contributed by atoms with Crippen molar-refractivity contribution in [3.63, 3.8) is 0 Å². The molecular formula is C5H4N2O4S. The first kappa shape index (κ1) is 8.60. The van der Waals surface area contributed by atoms with Crippen LogP contribution >= 0.6 is 11.3 Å². The molecule has 0 unspecified atom stereocenters. The molecule has 1 aromatic heterocycles. The lowest BCUT2D eigenvalue weighted by Crippen LogP contribution is -1.96. The molecule has 12 heavy (non-hydrogen) atoms. The Morgan fingerprint density at radius 3 is 2.92 bits per heavy atom. The second-order valence-corrected chi connectivity index (χ2v) is 2.76. The molecule has 0 saturated heterocycles. The van der Waals surface area contributed by atoms with E-state index in [1.165, 1.54) is 7.11 Å². The van der Waals surface area contributed by atoms with Crippen LogP contribution in [0, 0.1) is 10.1 Å². The van der Waals surface area contributed by atoms with Crippen molar-refractivity contribution in [2.45, 2.75) is 0 Å². The topological polar surface area (TPSA) is 82.3 Å². The molecule has 0 aliphatic carbocycles.